The highest BCUT2D eigenvalue weighted by molar-refractivity contribution is 6.05. The van der Waals surface area contributed by atoms with Crippen molar-refractivity contribution in [2.24, 2.45) is 0 Å². The van der Waals surface area contributed by atoms with E-state index in [1.807, 2.05) is 7.05 Å². The fourth-order valence-electron chi connectivity index (χ4n) is 5.94. The zero-order chi connectivity index (χ0) is 30.8. The van der Waals surface area contributed by atoms with Crippen molar-refractivity contribution in [2.45, 2.75) is 19.6 Å². The fraction of sp³-hybridized carbons (Fsp3) is 0.419. The van der Waals surface area contributed by atoms with Crippen LogP contribution in [0.25, 0.3) is 16.7 Å². The van der Waals surface area contributed by atoms with Crippen LogP contribution in [0, 0.1) is 6.92 Å². The smallest absolute Gasteiger partial charge is 0.337 e. The summed E-state index contributed by atoms with van der Waals surface area (Å²) in [6.45, 7) is 7.28. The predicted octanol–water partition coefficient (Wildman–Crippen LogP) is 0.217. The summed E-state index contributed by atoms with van der Waals surface area (Å²) < 4.78 is 2.42. The van der Waals surface area contributed by atoms with Crippen LogP contribution in [0.2, 0.25) is 0 Å². The lowest BCUT2D eigenvalue weighted by Gasteiger charge is -2.35. The number of aliphatic hydroxyl groups excluding tert-OH is 1. The Morgan fingerprint density at radius 3 is 2.27 bits per heavy atom. The number of hydrogen-bond acceptors (Lipinski definition) is 10. The molecule has 1 amide bonds. The first-order valence-electron chi connectivity index (χ1n) is 14.9. The van der Waals surface area contributed by atoms with Gasteiger partial charge in [-0.1, -0.05) is 18.2 Å². The number of hydrogen-bond donors (Lipinski definition) is 1. The van der Waals surface area contributed by atoms with Gasteiger partial charge in [0, 0.05) is 77.0 Å². The first-order valence-corrected chi connectivity index (χ1v) is 14.9. The molecule has 6 rings (SSSR count). The number of pyridine rings is 1. The number of aryl methyl sites for hydroxylation is 1. The van der Waals surface area contributed by atoms with E-state index in [1.54, 1.807) is 66.7 Å². The van der Waals surface area contributed by atoms with Gasteiger partial charge < -0.3 is 19.8 Å². The summed E-state index contributed by atoms with van der Waals surface area (Å²) >= 11 is 0. The quantitative estimate of drug-likeness (QED) is 0.315. The number of carbonyl (C=O) groups is 1. The number of para-hydroxylation sites is 1. The lowest BCUT2D eigenvalue weighted by molar-refractivity contribution is 0.0665. The highest BCUT2D eigenvalue weighted by Crippen LogP contribution is 2.19. The number of amides is 1. The Labute approximate surface area is 254 Å². The third-order valence-electron chi connectivity index (χ3n) is 8.33. The van der Waals surface area contributed by atoms with Crippen molar-refractivity contribution < 1.29 is 9.90 Å². The van der Waals surface area contributed by atoms with E-state index < -0.39 is 17.4 Å². The molecule has 2 saturated heterocycles. The number of β-amino-alcohol motifs (C(OH)–C–C–N with tert-alkyl or cyclic N) is 1. The lowest BCUT2D eigenvalue weighted by atomic mass is 10.1. The van der Waals surface area contributed by atoms with Gasteiger partial charge in [-0.15, -0.1) is 0 Å². The van der Waals surface area contributed by atoms with Gasteiger partial charge in [0.1, 0.15) is 0 Å². The monoisotopic (exact) mass is 599 g/mol. The van der Waals surface area contributed by atoms with Gasteiger partial charge in [-0.25, -0.2) is 24.3 Å². The Balaban J connectivity index is 1.35. The van der Waals surface area contributed by atoms with Crippen molar-refractivity contribution in [1.82, 2.24) is 38.8 Å². The van der Waals surface area contributed by atoms with Crippen LogP contribution in [0.4, 0.5) is 5.95 Å². The third kappa shape index (κ3) is 5.98. The summed E-state index contributed by atoms with van der Waals surface area (Å²) in [5.74, 6) is 0.411. The van der Waals surface area contributed by atoms with Gasteiger partial charge in [-0.3, -0.25) is 19.1 Å². The van der Waals surface area contributed by atoms with Gasteiger partial charge in [-0.05, 0) is 38.2 Å². The van der Waals surface area contributed by atoms with E-state index in [0.717, 1.165) is 17.7 Å². The molecule has 1 N–H and O–H groups in total. The number of fused-ring (bicyclic) bond motifs is 1. The van der Waals surface area contributed by atoms with Crippen molar-refractivity contribution in [3.8, 4) is 5.69 Å². The molecular formula is C31H37N9O4. The molecule has 13 nitrogen and oxygen atoms in total. The van der Waals surface area contributed by atoms with Crippen LogP contribution in [0.15, 0.2) is 64.4 Å². The topological polar surface area (TPSA) is 133 Å². The van der Waals surface area contributed by atoms with Crippen LogP contribution < -0.4 is 16.1 Å². The summed E-state index contributed by atoms with van der Waals surface area (Å²) in [5.41, 5.74) is -0.00996. The van der Waals surface area contributed by atoms with Crippen LogP contribution in [-0.4, -0.2) is 122 Å². The molecule has 1 unspecified atom stereocenters. The molecule has 2 fully saturated rings. The van der Waals surface area contributed by atoms with Crippen molar-refractivity contribution >= 4 is 22.9 Å². The standard InChI is InChI=1S/C31H37N9O4/c1-22-19-25(28(42)37-15-11-35(2)12-16-37)26-27(34-22)39(31(44)40(29(26)43)23-7-4-3-5-8-23)21-24(41)20-36-13-17-38(18-14-36)30-32-9-6-10-33-30/h3-10,19,24,41H,11-18,20-21H2,1-2H3. The van der Waals surface area contributed by atoms with Crippen LogP contribution in [0.3, 0.4) is 0 Å². The van der Waals surface area contributed by atoms with Gasteiger partial charge in [0.2, 0.25) is 5.95 Å². The minimum absolute atomic E-state index is 0.0756. The molecule has 230 valence electrons. The molecule has 1 aromatic carbocycles. The number of rotatable bonds is 7. The largest absolute Gasteiger partial charge is 0.390 e. The molecule has 13 heteroatoms. The van der Waals surface area contributed by atoms with Crippen molar-refractivity contribution in [2.75, 3.05) is 70.9 Å². The van der Waals surface area contributed by atoms with E-state index in [-0.39, 0.29) is 29.0 Å². The minimum atomic E-state index is -0.934. The van der Waals surface area contributed by atoms with Crippen molar-refractivity contribution in [1.29, 1.82) is 0 Å². The highest BCUT2D eigenvalue weighted by Gasteiger charge is 2.28. The van der Waals surface area contributed by atoms with Gasteiger partial charge in [-0.2, -0.15) is 0 Å². The second kappa shape index (κ2) is 12.6. The van der Waals surface area contributed by atoms with Gasteiger partial charge in [0.05, 0.1) is 29.3 Å². The van der Waals surface area contributed by atoms with Gasteiger partial charge in [0.15, 0.2) is 5.65 Å². The molecular weight excluding hydrogens is 562 g/mol. The third-order valence-corrected chi connectivity index (χ3v) is 8.33. The Kier molecular flexibility index (Phi) is 8.51. The summed E-state index contributed by atoms with van der Waals surface area (Å²) in [4.78, 5) is 63.3. The second-order valence-electron chi connectivity index (χ2n) is 11.5. The SMILES string of the molecule is Cc1cc(C(=O)N2CCN(C)CC2)c2c(=O)n(-c3ccccc3)c(=O)n(CC(O)CN3CCN(c4ncccn4)CC3)c2n1. The highest BCUT2D eigenvalue weighted by atomic mass is 16.3. The Hall–Kier alpha value is -4.46. The molecule has 2 aliphatic heterocycles. The van der Waals surface area contributed by atoms with Crippen LogP contribution in [-0.2, 0) is 6.54 Å². The normalized spacial score (nSPS) is 17.2. The maximum Gasteiger partial charge on any atom is 0.337 e. The number of aliphatic hydroxyl groups is 1. The lowest BCUT2D eigenvalue weighted by Crippen LogP contribution is -2.50. The van der Waals surface area contributed by atoms with E-state index >= 15 is 0 Å². The van der Waals surface area contributed by atoms with Crippen molar-refractivity contribution in [3.05, 3.63) is 87.0 Å². The average Bonchev–Trinajstić information content (AvgIpc) is 3.04. The number of piperazine rings is 2. The molecule has 0 spiro atoms. The maximum absolute atomic E-state index is 14.1. The number of carbonyl (C=O) groups excluding carboxylic acids is 1. The van der Waals surface area contributed by atoms with E-state index in [2.05, 4.69) is 29.7 Å². The molecule has 2 aliphatic rings. The van der Waals surface area contributed by atoms with E-state index in [9.17, 15) is 19.5 Å². The van der Waals surface area contributed by atoms with E-state index in [4.69, 9.17) is 0 Å². The van der Waals surface area contributed by atoms with Gasteiger partial charge >= 0.3 is 5.69 Å². The molecule has 5 heterocycles. The molecule has 4 aromatic rings. The minimum Gasteiger partial charge on any atom is -0.390 e. The molecule has 0 aliphatic carbocycles. The molecule has 44 heavy (non-hydrogen) atoms. The van der Waals surface area contributed by atoms with E-state index in [0.29, 0.717) is 63.1 Å². The Morgan fingerprint density at radius 1 is 0.909 bits per heavy atom. The number of nitrogens with zero attached hydrogens (tertiary/aromatic N) is 9. The fourth-order valence-corrected chi connectivity index (χ4v) is 5.94. The van der Waals surface area contributed by atoms with Crippen LogP contribution in [0.1, 0.15) is 16.1 Å². The first-order chi connectivity index (χ1) is 21.3. The maximum atomic E-state index is 14.1. The molecule has 0 saturated carbocycles. The van der Waals surface area contributed by atoms with Crippen LogP contribution in [0.5, 0.6) is 0 Å². The summed E-state index contributed by atoms with van der Waals surface area (Å²) in [6, 6.07) is 12.0. The van der Waals surface area contributed by atoms with Crippen molar-refractivity contribution in [3.63, 3.8) is 0 Å². The zero-order valence-corrected chi connectivity index (χ0v) is 25.0. The Bertz CT molecular complexity index is 1740. The number of anilines is 1. The number of benzene rings is 1. The predicted molar refractivity (Wildman–Crippen MR) is 166 cm³/mol. The zero-order valence-electron chi connectivity index (χ0n) is 25.0. The molecule has 1 atom stereocenters. The summed E-state index contributed by atoms with van der Waals surface area (Å²) in [5, 5.41) is 11.4. The number of aromatic nitrogens is 5. The second-order valence-corrected chi connectivity index (χ2v) is 11.5. The summed E-state index contributed by atoms with van der Waals surface area (Å²) in [7, 11) is 2.01. The van der Waals surface area contributed by atoms with Gasteiger partial charge in [0.25, 0.3) is 11.5 Å². The first kappa shape index (κ1) is 29.6. The Morgan fingerprint density at radius 2 is 1.59 bits per heavy atom. The van der Waals surface area contributed by atoms with Crippen LogP contribution >= 0.6 is 0 Å². The molecule has 0 radical (unpaired) electrons. The molecule has 0 bridgehead atoms. The molecule has 3 aromatic heterocycles. The summed E-state index contributed by atoms with van der Waals surface area (Å²) in [6.07, 6.45) is 2.50. The average molecular weight is 600 g/mol. The van der Waals surface area contributed by atoms with E-state index in [1.165, 1.54) is 4.57 Å². The number of likely N-dealkylation sites (N-methyl/N-ethyl adjacent to an activating group) is 1.